The van der Waals surface area contributed by atoms with Crippen molar-refractivity contribution in [3.05, 3.63) is 79.8 Å². The molecule has 0 saturated carbocycles. The van der Waals surface area contributed by atoms with Crippen LogP contribution in [0.4, 0.5) is 10.1 Å². The Bertz CT molecular complexity index is 1390. The summed E-state index contributed by atoms with van der Waals surface area (Å²) in [5, 5.41) is 14.4. The summed E-state index contributed by atoms with van der Waals surface area (Å²) in [5.74, 6) is -0.658. The summed E-state index contributed by atoms with van der Waals surface area (Å²) in [7, 11) is 1.78. The normalized spacial score (nSPS) is 15.6. The van der Waals surface area contributed by atoms with E-state index < -0.39 is 5.82 Å². The fraction of sp³-hybridized carbons (Fsp3) is 0.370. The standard InChI is InChI=1S/C27H27Cl3FN5O/c1-27(2,3)25-12-24(34(4)33-25)26(37)35-8-7-19(15-35)36(18-6-5-16(13-32)20(28)10-18)14-17-9-23(31)22(30)11-21(17)29/h5-6,9-12,19H,7-8,14-15H2,1-4H3/t19-/m0/s1. The third kappa shape index (κ3) is 5.72. The SMILES string of the molecule is Cn1nc(C(C)(C)C)cc1C(=O)N1CC[C@H](N(Cc2cc(F)c(Cl)cc2Cl)c2ccc(C#N)c(Cl)c2)C1. The zero-order chi connectivity index (χ0) is 27.1. The van der Waals surface area contributed by atoms with Gasteiger partial charge in [-0.15, -0.1) is 0 Å². The molecule has 1 aromatic heterocycles. The van der Waals surface area contributed by atoms with Gasteiger partial charge in [0.2, 0.25) is 0 Å². The van der Waals surface area contributed by atoms with Crippen molar-refractivity contribution in [2.75, 3.05) is 18.0 Å². The maximum atomic E-state index is 14.3. The van der Waals surface area contributed by atoms with Crippen molar-refractivity contribution in [3.8, 4) is 6.07 Å². The second kappa shape index (κ2) is 10.5. The van der Waals surface area contributed by atoms with Crippen LogP contribution in [0.2, 0.25) is 15.1 Å². The lowest BCUT2D eigenvalue weighted by Gasteiger charge is -2.32. The Hall–Kier alpha value is -2.79. The number of hydrogen-bond donors (Lipinski definition) is 0. The molecule has 1 fully saturated rings. The lowest BCUT2D eigenvalue weighted by atomic mass is 9.92. The molecule has 0 aliphatic carbocycles. The monoisotopic (exact) mass is 561 g/mol. The van der Waals surface area contributed by atoms with E-state index in [1.165, 1.54) is 12.1 Å². The first kappa shape index (κ1) is 27.3. The van der Waals surface area contributed by atoms with Crippen molar-refractivity contribution < 1.29 is 9.18 Å². The first-order chi connectivity index (χ1) is 17.4. The van der Waals surface area contributed by atoms with E-state index in [4.69, 9.17) is 34.8 Å². The molecule has 0 bridgehead atoms. The molecule has 0 radical (unpaired) electrons. The van der Waals surface area contributed by atoms with Crippen LogP contribution in [0.3, 0.4) is 0 Å². The Balaban J connectivity index is 1.64. The van der Waals surface area contributed by atoms with Gasteiger partial charge in [0.1, 0.15) is 17.6 Å². The number of nitrogens with zero attached hydrogens (tertiary/aromatic N) is 5. The molecule has 3 aromatic rings. The molecule has 37 heavy (non-hydrogen) atoms. The first-order valence-corrected chi connectivity index (χ1v) is 13.0. The van der Waals surface area contributed by atoms with E-state index in [1.807, 2.05) is 11.0 Å². The van der Waals surface area contributed by atoms with Gasteiger partial charge in [-0.3, -0.25) is 9.48 Å². The van der Waals surface area contributed by atoms with Gasteiger partial charge in [0.25, 0.3) is 5.91 Å². The number of carbonyl (C=O) groups excluding carboxylic acids is 1. The Labute approximate surface area is 231 Å². The topological polar surface area (TPSA) is 65.2 Å². The van der Waals surface area contributed by atoms with E-state index >= 15 is 0 Å². The van der Waals surface area contributed by atoms with Gasteiger partial charge < -0.3 is 9.80 Å². The first-order valence-electron chi connectivity index (χ1n) is 11.8. The number of benzene rings is 2. The van der Waals surface area contributed by atoms with Crippen LogP contribution >= 0.6 is 34.8 Å². The highest BCUT2D eigenvalue weighted by atomic mass is 35.5. The Kier molecular flexibility index (Phi) is 7.75. The van der Waals surface area contributed by atoms with Crippen molar-refractivity contribution in [2.45, 2.75) is 45.2 Å². The highest BCUT2D eigenvalue weighted by Crippen LogP contribution is 2.33. The molecule has 10 heteroatoms. The largest absolute Gasteiger partial charge is 0.362 e. The lowest BCUT2D eigenvalue weighted by molar-refractivity contribution is 0.0779. The highest BCUT2D eigenvalue weighted by Gasteiger charge is 2.34. The molecule has 4 rings (SSSR count). The van der Waals surface area contributed by atoms with Crippen molar-refractivity contribution in [2.24, 2.45) is 7.05 Å². The summed E-state index contributed by atoms with van der Waals surface area (Å²) in [6.07, 6.45) is 0.682. The second-order valence-electron chi connectivity index (χ2n) is 10.2. The fourth-order valence-electron chi connectivity index (χ4n) is 4.45. The number of carbonyl (C=O) groups is 1. The number of amides is 1. The molecule has 1 amide bonds. The molecule has 1 atom stereocenters. The van der Waals surface area contributed by atoms with Gasteiger partial charge in [0.15, 0.2) is 0 Å². The van der Waals surface area contributed by atoms with E-state index in [0.717, 1.165) is 11.4 Å². The molecule has 2 heterocycles. The molecule has 2 aromatic carbocycles. The van der Waals surface area contributed by atoms with Crippen LogP contribution in [0.15, 0.2) is 36.4 Å². The number of hydrogen-bond acceptors (Lipinski definition) is 4. The van der Waals surface area contributed by atoms with Crippen molar-refractivity contribution in [3.63, 3.8) is 0 Å². The van der Waals surface area contributed by atoms with Crippen LogP contribution in [0, 0.1) is 17.1 Å². The van der Waals surface area contributed by atoms with Gasteiger partial charge in [-0.1, -0.05) is 55.6 Å². The zero-order valence-corrected chi connectivity index (χ0v) is 23.3. The van der Waals surface area contributed by atoms with Gasteiger partial charge in [0, 0.05) is 48.8 Å². The number of likely N-dealkylation sites (tertiary alicyclic amines) is 1. The van der Waals surface area contributed by atoms with Gasteiger partial charge in [-0.25, -0.2) is 4.39 Å². The number of rotatable bonds is 5. The van der Waals surface area contributed by atoms with Crippen LogP contribution in [-0.2, 0) is 19.0 Å². The molecule has 0 unspecified atom stereocenters. The zero-order valence-electron chi connectivity index (χ0n) is 21.0. The summed E-state index contributed by atoms with van der Waals surface area (Å²) in [5.41, 5.74) is 2.85. The van der Waals surface area contributed by atoms with Gasteiger partial charge >= 0.3 is 0 Å². The number of halogens is 4. The van der Waals surface area contributed by atoms with Crippen molar-refractivity contribution >= 4 is 46.4 Å². The second-order valence-corrected chi connectivity index (χ2v) is 11.5. The molecule has 0 N–H and O–H groups in total. The number of aromatic nitrogens is 2. The maximum Gasteiger partial charge on any atom is 0.272 e. The number of nitriles is 1. The number of aryl methyl sites for hydroxylation is 1. The van der Waals surface area contributed by atoms with E-state index in [0.29, 0.717) is 46.4 Å². The molecule has 0 spiro atoms. The van der Waals surface area contributed by atoms with Crippen molar-refractivity contribution in [1.82, 2.24) is 14.7 Å². The highest BCUT2D eigenvalue weighted by molar-refractivity contribution is 6.35. The molecule has 194 valence electrons. The number of anilines is 1. The van der Waals surface area contributed by atoms with E-state index in [1.54, 1.807) is 34.8 Å². The average Bonchev–Trinajstić information content (AvgIpc) is 3.47. The molecule has 1 aliphatic heterocycles. The summed E-state index contributed by atoms with van der Waals surface area (Å²) in [6.45, 7) is 7.42. The van der Waals surface area contributed by atoms with E-state index in [9.17, 15) is 14.4 Å². The fourth-order valence-corrected chi connectivity index (χ4v) is 5.11. The van der Waals surface area contributed by atoms with Gasteiger partial charge in [-0.05, 0) is 48.4 Å². The van der Waals surface area contributed by atoms with Gasteiger partial charge in [0.05, 0.1) is 21.3 Å². The lowest BCUT2D eigenvalue weighted by Crippen LogP contribution is -2.39. The Morgan fingerprint density at radius 3 is 2.51 bits per heavy atom. The Morgan fingerprint density at radius 1 is 1.16 bits per heavy atom. The third-order valence-electron chi connectivity index (χ3n) is 6.59. The van der Waals surface area contributed by atoms with Crippen LogP contribution in [0.25, 0.3) is 0 Å². The molecule has 1 saturated heterocycles. The summed E-state index contributed by atoms with van der Waals surface area (Å²) in [4.78, 5) is 17.3. The third-order valence-corrected chi connectivity index (χ3v) is 7.55. The van der Waals surface area contributed by atoms with Crippen LogP contribution in [-0.4, -0.2) is 39.7 Å². The molecular weight excluding hydrogens is 536 g/mol. The maximum absolute atomic E-state index is 14.3. The Morgan fingerprint density at radius 2 is 1.89 bits per heavy atom. The van der Waals surface area contributed by atoms with Crippen LogP contribution in [0.1, 0.15) is 54.5 Å². The van der Waals surface area contributed by atoms with Crippen LogP contribution < -0.4 is 4.90 Å². The minimum absolute atomic E-state index is 0.0508. The summed E-state index contributed by atoms with van der Waals surface area (Å²) < 4.78 is 15.9. The van der Waals surface area contributed by atoms with Crippen LogP contribution in [0.5, 0.6) is 0 Å². The van der Waals surface area contributed by atoms with E-state index in [-0.39, 0.29) is 28.9 Å². The quantitative estimate of drug-likeness (QED) is 0.328. The predicted octanol–water partition coefficient (Wildman–Crippen LogP) is 6.61. The molecule has 6 nitrogen and oxygen atoms in total. The van der Waals surface area contributed by atoms with Gasteiger partial charge in [-0.2, -0.15) is 10.4 Å². The molecular formula is C27H27Cl3FN5O. The summed E-state index contributed by atoms with van der Waals surface area (Å²) in [6, 6.07) is 11.7. The summed E-state index contributed by atoms with van der Waals surface area (Å²) >= 11 is 18.7. The average molecular weight is 563 g/mol. The predicted molar refractivity (Wildman–Crippen MR) is 145 cm³/mol. The van der Waals surface area contributed by atoms with E-state index in [2.05, 4.69) is 31.9 Å². The minimum Gasteiger partial charge on any atom is -0.362 e. The molecule has 1 aliphatic rings. The smallest absolute Gasteiger partial charge is 0.272 e. The minimum atomic E-state index is -0.562. The van der Waals surface area contributed by atoms with Crippen molar-refractivity contribution in [1.29, 1.82) is 5.26 Å².